The molecule has 7 aromatic carbocycles. The highest BCUT2D eigenvalue weighted by Gasteiger charge is 2.14. The van der Waals surface area contributed by atoms with Gasteiger partial charge in [-0.3, -0.25) is 0 Å². The van der Waals surface area contributed by atoms with Gasteiger partial charge in [-0.25, -0.2) is 0 Å². The second kappa shape index (κ2) is 7.81. The SMILES string of the molecule is c1ccc(-n2c3ccccc3c3cc(-c4cccc5cc6ccc7ccccc7c6cc45)ccc32)cc1. The molecule has 172 valence electrons. The van der Waals surface area contributed by atoms with E-state index < -0.39 is 0 Å². The van der Waals surface area contributed by atoms with Crippen molar-refractivity contribution >= 4 is 54.1 Å². The maximum Gasteiger partial charge on any atom is 0.0541 e. The molecule has 0 N–H and O–H groups in total. The lowest BCUT2D eigenvalue weighted by Crippen LogP contribution is -1.92. The van der Waals surface area contributed by atoms with Gasteiger partial charge < -0.3 is 4.57 Å². The molecule has 1 heteroatoms. The van der Waals surface area contributed by atoms with E-state index in [1.54, 1.807) is 0 Å². The van der Waals surface area contributed by atoms with Crippen LogP contribution in [0, 0.1) is 0 Å². The second-order valence-corrected chi connectivity index (χ2v) is 9.81. The van der Waals surface area contributed by atoms with Crippen LogP contribution < -0.4 is 0 Å². The molecule has 1 nitrogen and oxygen atoms in total. The van der Waals surface area contributed by atoms with E-state index in [0.717, 1.165) is 0 Å². The smallest absolute Gasteiger partial charge is 0.0541 e. The minimum Gasteiger partial charge on any atom is -0.309 e. The average molecular weight is 470 g/mol. The third-order valence-electron chi connectivity index (χ3n) is 7.74. The van der Waals surface area contributed by atoms with Crippen LogP contribution in [0.1, 0.15) is 0 Å². The number of para-hydroxylation sites is 2. The zero-order valence-electron chi connectivity index (χ0n) is 20.2. The lowest BCUT2D eigenvalue weighted by molar-refractivity contribution is 1.18. The third-order valence-corrected chi connectivity index (χ3v) is 7.74. The fourth-order valence-electron chi connectivity index (χ4n) is 6.03. The topological polar surface area (TPSA) is 4.93 Å². The van der Waals surface area contributed by atoms with Crippen molar-refractivity contribution in [1.82, 2.24) is 4.57 Å². The van der Waals surface area contributed by atoms with Crippen LogP contribution in [0.5, 0.6) is 0 Å². The summed E-state index contributed by atoms with van der Waals surface area (Å²) in [5.41, 5.74) is 6.16. The molecule has 0 atom stereocenters. The second-order valence-electron chi connectivity index (χ2n) is 9.81. The Morgan fingerprint density at radius 3 is 1.97 bits per heavy atom. The molecule has 0 bridgehead atoms. The lowest BCUT2D eigenvalue weighted by atomic mass is 9.93. The molecular formula is C36H23N. The van der Waals surface area contributed by atoms with Gasteiger partial charge in [-0.05, 0) is 85.9 Å². The zero-order chi connectivity index (χ0) is 24.3. The molecule has 0 spiro atoms. The Kier molecular flexibility index (Phi) is 4.29. The van der Waals surface area contributed by atoms with E-state index >= 15 is 0 Å². The summed E-state index contributed by atoms with van der Waals surface area (Å²) in [7, 11) is 0. The van der Waals surface area contributed by atoms with Gasteiger partial charge in [-0.1, -0.05) is 97.1 Å². The van der Waals surface area contributed by atoms with E-state index in [0.29, 0.717) is 0 Å². The van der Waals surface area contributed by atoms with Gasteiger partial charge in [-0.2, -0.15) is 0 Å². The van der Waals surface area contributed by atoms with Crippen molar-refractivity contribution in [3.63, 3.8) is 0 Å². The van der Waals surface area contributed by atoms with E-state index in [-0.39, 0.29) is 0 Å². The highest BCUT2D eigenvalue weighted by atomic mass is 15.0. The summed E-state index contributed by atoms with van der Waals surface area (Å²) in [6, 6.07) is 50.8. The van der Waals surface area contributed by atoms with Gasteiger partial charge in [0.25, 0.3) is 0 Å². The molecule has 0 aliphatic heterocycles. The average Bonchev–Trinajstić information content (AvgIpc) is 3.30. The van der Waals surface area contributed by atoms with Crippen LogP contribution in [0.3, 0.4) is 0 Å². The number of hydrogen-bond donors (Lipinski definition) is 0. The first-order valence-corrected chi connectivity index (χ1v) is 12.8. The van der Waals surface area contributed by atoms with Crippen molar-refractivity contribution in [3.8, 4) is 16.8 Å². The highest BCUT2D eigenvalue weighted by Crippen LogP contribution is 2.38. The van der Waals surface area contributed by atoms with Gasteiger partial charge in [0.05, 0.1) is 11.0 Å². The summed E-state index contributed by atoms with van der Waals surface area (Å²) in [5.74, 6) is 0. The molecule has 0 saturated carbocycles. The zero-order valence-corrected chi connectivity index (χ0v) is 20.2. The molecule has 37 heavy (non-hydrogen) atoms. The number of hydrogen-bond acceptors (Lipinski definition) is 0. The van der Waals surface area contributed by atoms with Crippen molar-refractivity contribution in [2.75, 3.05) is 0 Å². The molecule has 0 unspecified atom stereocenters. The number of benzene rings is 7. The molecule has 0 aliphatic carbocycles. The molecule has 8 aromatic rings. The number of rotatable bonds is 2. The molecule has 0 saturated heterocycles. The quantitative estimate of drug-likeness (QED) is 0.175. The first-order valence-electron chi connectivity index (χ1n) is 12.8. The predicted octanol–water partition coefficient (Wildman–Crippen LogP) is 9.91. The maximum absolute atomic E-state index is 2.39. The molecule has 1 aromatic heterocycles. The molecule has 1 heterocycles. The van der Waals surface area contributed by atoms with Crippen LogP contribution in [0.15, 0.2) is 140 Å². The normalized spacial score (nSPS) is 11.8. The van der Waals surface area contributed by atoms with Crippen LogP contribution >= 0.6 is 0 Å². The highest BCUT2D eigenvalue weighted by molar-refractivity contribution is 6.15. The molecule has 8 rings (SSSR count). The van der Waals surface area contributed by atoms with Crippen LogP contribution in [-0.2, 0) is 0 Å². The minimum atomic E-state index is 1.19. The molecule has 0 aliphatic rings. The van der Waals surface area contributed by atoms with E-state index in [9.17, 15) is 0 Å². The Labute approximate surface area is 214 Å². The Bertz CT molecular complexity index is 2130. The minimum absolute atomic E-state index is 1.19. The molecular weight excluding hydrogens is 446 g/mol. The largest absolute Gasteiger partial charge is 0.309 e. The van der Waals surface area contributed by atoms with E-state index in [2.05, 4.69) is 144 Å². The first-order chi connectivity index (χ1) is 18.3. The van der Waals surface area contributed by atoms with Crippen LogP contribution in [-0.4, -0.2) is 4.57 Å². The van der Waals surface area contributed by atoms with Crippen molar-refractivity contribution in [3.05, 3.63) is 140 Å². The number of aromatic nitrogens is 1. The standard InChI is InChI=1S/C36H23N/c1-2-11-28(12-3-1)37-35-16-7-6-14-31(35)34-22-27(19-20-36(34)37)30-15-8-10-25-21-26-18-17-24-9-4-5-13-29(24)33(26)23-32(25)30/h1-23H. The Morgan fingerprint density at radius 2 is 1.05 bits per heavy atom. The number of nitrogens with zero attached hydrogens (tertiary/aromatic N) is 1. The van der Waals surface area contributed by atoms with Crippen molar-refractivity contribution in [2.45, 2.75) is 0 Å². The Hall–Kier alpha value is -4.88. The van der Waals surface area contributed by atoms with Crippen molar-refractivity contribution < 1.29 is 0 Å². The van der Waals surface area contributed by atoms with Gasteiger partial charge >= 0.3 is 0 Å². The number of fused-ring (bicyclic) bond motifs is 7. The van der Waals surface area contributed by atoms with E-state index in [1.807, 2.05) is 0 Å². The summed E-state index contributed by atoms with van der Waals surface area (Å²) in [4.78, 5) is 0. The molecule has 0 fully saturated rings. The van der Waals surface area contributed by atoms with Crippen LogP contribution in [0.4, 0.5) is 0 Å². The predicted molar refractivity (Wildman–Crippen MR) is 159 cm³/mol. The van der Waals surface area contributed by atoms with Gasteiger partial charge in [-0.15, -0.1) is 0 Å². The van der Waals surface area contributed by atoms with Gasteiger partial charge in [0.15, 0.2) is 0 Å². The van der Waals surface area contributed by atoms with Gasteiger partial charge in [0.1, 0.15) is 0 Å². The summed E-state index contributed by atoms with van der Waals surface area (Å²) in [6.07, 6.45) is 0. The van der Waals surface area contributed by atoms with Crippen LogP contribution in [0.2, 0.25) is 0 Å². The Morgan fingerprint density at radius 1 is 0.351 bits per heavy atom. The summed E-state index contributed by atoms with van der Waals surface area (Å²) < 4.78 is 2.37. The summed E-state index contributed by atoms with van der Waals surface area (Å²) in [6.45, 7) is 0. The maximum atomic E-state index is 2.39. The summed E-state index contributed by atoms with van der Waals surface area (Å²) in [5, 5.41) is 10.3. The Balaban J connectivity index is 1.42. The fourth-order valence-corrected chi connectivity index (χ4v) is 6.03. The van der Waals surface area contributed by atoms with Crippen molar-refractivity contribution in [1.29, 1.82) is 0 Å². The van der Waals surface area contributed by atoms with E-state index in [4.69, 9.17) is 0 Å². The first kappa shape index (κ1) is 20.3. The van der Waals surface area contributed by atoms with Crippen LogP contribution in [0.25, 0.3) is 70.9 Å². The van der Waals surface area contributed by atoms with Crippen molar-refractivity contribution in [2.24, 2.45) is 0 Å². The lowest BCUT2D eigenvalue weighted by Gasteiger charge is -2.11. The fraction of sp³-hybridized carbons (Fsp3) is 0. The third kappa shape index (κ3) is 3.04. The van der Waals surface area contributed by atoms with Gasteiger partial charge in [0.2, 0.25) is 0 Å². The monoisotopic (exact) mass is 469 g/mol. The summed E-state index contributed by atoms with van der Waals surface area (Å²) >= 11 is 0. The molecule has 0 amide bonds. The van der Waals surface area contributed by atoms with E-state index in [1.165, 1.54) is 70.9 Å². The van der Waals surface area contributed by atoms with Gasteiger partial charge in [0, 0.05) is 16.5 Å². The molecule has 0 radical (unpaired) electrons.